The van der Waals surface area contributed by atoms with Crippen molar-refractivity contribution in [2.75, 3.05) is 0 Å². The molecule has 0 radical (unpaired) electrons. The summed E-state index contributed by atoms with van der Waals surface area (Å²) in [6.45, 7) is 4.40. The topological polar surface area (TPSA) is 60.2 Å². The van der Waals surface area contributed by atoms with E-state index in [1.165, 1.54) is 11.1 Å². The predicted molar refractivity (Wildman–Crippen MR) is 95.4 cm³/mol. The van der Waals surface area contributed by atoms with Gasteiger partial charge in [-0.25, -0.2) is 4.63 Å². The molecule has 1 aliphatic rings. The summed E-state index contributed by atoms with van der Waals surface area (Å²) in [7, 11) is 0. The maximum atomic E-state index is 5.98. The van der Waals surface area contributed by atoms with E-state index in [0.29, 0.717) is 16.8 Å². The number of ether oxygens (including phenoxy) is 1. The Labute approximate surface area is 144 Å². The zero-order valence-electron chi connectivity index (χ0n) is 13.7. The van der Waals surface area contributed by atoms with E-state index in [-0.39, 0.29) is 0 Å². The highest BCUT2D eigenvalue weighted by Gasteiger charge is 2.22. The van der Waals surface area contributed by atoms with Gasteiger partial charge in [-0.2, -0.15) is 0 Å². The highest BCUT2D eigenvalue weighted by atomic mass is 32.2. The second-order valence-electron chi connectivity index (χ2n) is 6.34. The predicted octanol–water partition coefficient (Wildman–Crippen LogP) is 4.13. The molecule has 124 valence electrons. The van der Waals surface area contributed by atoms with Crippen molar-refractivity contribution in [3.8, 4) is 11.5 Å². The van der Waals surface area contributed by atoms with Crippen LogP contribution < -0.4 is 9.46 Å². The first-order valence-electron chi connectivity index (χ1n) is 8.10. The summed E-state index contributed by atoms with van der Waals surface area (Å²) in [6, 6.07) is 12.4. The standard InChI is InChI=1S/C18H19N3O2S/c1-11(2)24-21-14-7-12-3-4-15(9-13(12)8-14)22-16-5-6-17-18(10-16)20-23-19-17/h3-6,9-11,14,21H,7-8H2,1-2H3/t14-/m0/s1. The minimum Gasteiger partial charge on any atom is -0.457 e. The smallest absolute Gasteiger partial charge is 0.138 e. The van der Waals surface area contributed by atoms with E-state index in [9.17, 15) is 0 Å². The molecule has 1 N–H and O–H groups in total. The van der Waals surface area contributed by atoms with Crippen molar-refractivity contribution in [2.24, 2.45) is 0 Å². The Hall–Kier alpha value is -2.05. The molecule has 0 spiro atoms. The Morgan fingerprint density at radius 3 is 2.67 bits per heavy atom. The van der Waals surface area contributed by atoms with Crippen LogP contribution in [0.15, 0.2) is 41.0 Å². The van der Waals surface area contributed by atoms with Crippen LogP contribution in [0.25, 0.3) is 11.0 Å². The van der Waals surface area contributed by atoms with E-state index in [1.54, 1.807) is 11.9 Å². The molecule has 0 fully saturated rings. The molecule has 6 heteroatoms. The fourth-order valence-corrected chi connectivity index (χ4v) is 3.57. The molecule has 1 atom stereocenters. The minimum absolute atomic E-state index is 0.500. The molecular weight excluding hydrogens is 322 g/mol. The number of aromatic nitrogens is 2. The average molecular weight is 341 g/mol. The van der Waals surface area contributed by atoms with E-state index < -0.39 is 0 Å². The van der Waals surface area contributed by atoms with Crippen molar-refractivity contribution in [3.63, 3.8) is 0 Å². The van der Waals surface area contributed by atoms with E-state index >= 15 is 0 Å². The van der Waals surface area contributed by atoms with Gasteiger partial charge < -0.3 is 4.74 Å². The summed E-state index contributed by atoms with van der Waals surface area (Å²) in [5.41, 5.74) is 4.19. The molecule has 1 aromatic heterocycles. The zero-order valence-corrected chi connectivity index (χ0v) is 14.5. The van der Waals surface area contributed by atoms with Crippen molar-refractivity contribution in [3.05, 3.63) is 47.5 Å². The van der Waals surface area contributed by atoms with Crippen LogP contribution in [0.5, 0.6) is 11.5 Å². The first-order chi connectivity index (χ1) is 11.7. The van der Waals surface area contributed by atoms with Crippen molar-refractivity contribution in [2.45, 2.75) is 38.0 Å². The van der Waals surface area contributed by atoms with Gasteiger partial charge in [0.2, 0.25) is 0 Å². The van der Waals surface area contributed by atoms with Crippen LogP contribution >= 0.6 is 11.9 Å². The summed E-state index contributed by atoms with van der Waals surface area (Å²) in [6.07, 6.45) is 2.12. The molecule has 1 aliphatic carbocycles. The molecule has 4 rings (SSSR count). The van der Waals surface area contributed by atoms with Crippen molar-refractivity contribution >= 4 is 23.0 Å². The third kappa shape index (κ3) is 3.25. The molecule has 0 amide bonds. The zero-order chi connectivity index (χ0) is 16.5. The highest BCUT2D eigenvalue weighted by molar-refractivity contribution is 7.98. The van der Waals surface area contributed by atoms with Crippen LogP contribution in [0.1, 0.15) is 25.0 Å². The quantitative estimate of drug-likeness (QED) is 0.704. The van der Waals surface area contributed by atoms with Gasteiger partial charge in [0.15, 0.2) is 0 Å². The molecule has 24 heavy (non-hydrogen) atoms. The van der Waals surface area contributed by atoms with Gasteiger partial charge in [0.05, 0.1) is 0 Å². The maximum Gasteiger partial charge on any atom is 0.138 e. The molecule has 3 aromatic rings. The van der Waals surface area contributed by atoms with Crippen LogP contribution in [0, 0.1) is 0 Å². The number of hydrogen-bond donors (Lipinski definition) is 1. The van der Waals surface area contributed by atoms with Gasteiger partial charge in [0, 0.05) is 17.4 Å². The third-order valence-corrected chi connectivity index (χ3v) is 4.98. The first kappa shape index (κ1) is 15.5. The number of benzene rings is 2. The number of nitrogens with zero attached hydrogens (tertiary/aromatic N) is 2. The Balaban J connectivity index is 1.47. The van der Waals surface area contributed by atoms with Crippen molar-refractivity contribution < 1.29 is 9.37 Å². The van der Waals surface area contributed by atoms with Crippen LogP contribution in [-0.4, -0.2) is 21.6 Å². The molecule has 0 saturated carbocycles. The fraction of sp³-hybridized carbons (Fsp3) is 0.333. The lowest BCUT2D eigenvalue weighted by atomic mass is 10.1. The summed E-state index contributed by atoms with van der Waals surface area (Å²) >= 11 is 1.80. The first-order valence-corrected chi connectivity index (χ1v) is 8.98. The van der Waals surface area contributed by atoms with Crippen molar-refractivity contribution in [1.29, 1.82) is 0 Å². The van der Waals surface area contributed by atoms with E-state index in [0.717, 1.165) is 29.9 Å². The Morgan fingerprint density at radius 2 is 1.79 bits per heavy atom. The van der Waals surface area contributed by atoms with Gasteiger partial charge >= 0.3 is 0 Å². The molecule has 0 saturated heterocycles. The van der Waals surface area contributed by atoms with Gasteiger partial charge in [0.1, 0.15) is 22.5 Å². The molecule has 0 aliphatic heterocycles. The highest BCUT2D eigenvalue weighted by Crippen LogP contribution is 2.30. The lowest BCUT2D eigenvalue weighted by Gasteiger charge is -2.12. The summed E-state index contributed by atoms with van der Waals surface area (Å²) in [5, 5.41) is 8.24. The second kappa shape index (κ2) is 6.45. The third-order valence-electron chi connectivity index (χ3n) is 4.04. The molecule has 0 unspecified atom stereocenters. The largest absolute Gasteiger partial charge is 0.457 e. The van der Waals surface area contributed by atoms with E-state index in [1.807, 2.05) is 24.3 Å². The van der Waals surface area contributed by atoms with E-state index in [4.69, 9.17) is 9.37 Å². The van der Waals surface area contributed by atoms with E-state index in [2.05, 4.69) is 41.0 Å². The SMILES string of the molecule is CC(C)SN[C@H]1Cc2ccc(Oc3ccc4nonc4c3)cc2C1. The number of hydrogen-bond acceptors (Lipinski definition) is 6. The van der Waals surface area contributed by atoms with Crippen LogP contribution in [0.4, 0.5) is 0 Å². The van der Waals surface area contributed by atoms with Gasteiger partial charge in [-0.05, 0) is 58.5 Å². The normalized spacial score (nSPS) is 16.7. The minimum atomic E-state index is 0.500. The Bertz CT molecular complexity index is 862. The summed E-state index contributed by atoms with van der Waals surface area (Å²) in [5.74, 6) is 1.59. The number of rotatable bonds is 5. The summed E-state index contributed by atoms with van der Waals surface area (Å²) < 4.78 is 14.3. The summed E-state index contributed by atoms with van der Waals surface area (Å²) in [4.78, 5) is 0. The Kier molecular flexibility index (Phi) is 4.16. The molecule has 1 heterocycles. The number of fused-ring (bicyclic) bond motifs is 2. The lowest BCUT2D eigenvalue weighted by Crippen LogP contribution is -2.24. The number of nitrogens with one attached hydrogen (secondary N) is 1. The van der Waals surface area contributed by atoms with Crippen LogP contribution in [0.2, 0.25) is 0 Å². The average Bonchev–Trinajstić information content (AvgIpc) is 3.18. The van der Waals surface area contributed by atoms with Crippen molar-refractivity contribution in [1.82, 2.24) is 15.0 Å². The van der Waals surface area contributed by atoms with Gasteiger partial charge in [0.25, 0.3) is 0 Å². The monoisotopic (exact) mass is 341 g/mol. The second-order valence-corrected chi connectivity index (χ2v) is 7.75. The van der Waals surface area contributed by atoms with Gasteiger partial charge in [-0.3, -0.25) is 4.72 Å². The lowest BCUT2D eigenvalue weighted by molar-refractivity contribution is 0.315. The maximum absolute atomic E-state index is 5.98. The van der Waals surface area contributed by atoms with Crippen LogP contribution in [-0.2, 0) is 12.8 Å². The van der Waals surface area contributed by atoms with Gasteiger partial charge in [-0.15, -0.1) is 0 Å². The molecule has 0 bridgehead atoms. The Morgan fingerprint density at radius 1 is 1.04 bits per heavy atom. The molecule has 2 aromatic carbocycles. The fourth-order valence-electron chi connectivity index (χ4n) is 2.94. The molecule has 5 nitrogen and oxygen atoms in total. The van der Waals surface area contributed by atoms with Gasteiger partial charge in [-0.1, -0.05) is 31.9 Å². The van der Waals surface area contributed by atoms with Crippen LogP contribution in [0.3, 0.4) is 0 Å². The molecular formula is C18H19N3O2S.